The van der Waals surface area contributed by atoms with Crippen molar-refractivity contribution < 1.29 is 19.7 Å². The fourth-order valence-corrected chi connectivity index (χ4v) is 2.21. The minimum absolute atomic E-state index is 0.242. The maximum atomic E-state index is 11.1. The van der Waals surface area contributed by atoms with Crippen LogP contribution in [0.25, 0.3) is 0 Å². The van der Waals surface area contributed by atoms with Gasteiger partial charge in [0, 0.05) is 0 Å². The summed E-state index contributed by atoms with van der Waals surface area (Å²) in [5.74, 6) is 0. The Labute approximate surface area is 96.0 Å². The number of amides is 1. The molecule has 16 heavy (non-hydrogen) atoms. The average molecular weight is 231 g/mol. The van der Waals surface area contributed by atoms with Crippen molar-refractivity contribution in [2.45, 2.75) is 57.9 Å². The van der Waals surface area contributed by atoms with Gasteiger partial charge >= 0.3 is 6.09 Å². The molecule has 1 heterocycles. The van der Waals surface area contributed by atoms with Gasteiger partial charge in [-0.2, -0.15) is 0 Å². The van der Waals surface area contributed by atoms with Crippen LogP contribution in [-0.2, 0) is 4.74 Å². The molecular weight excluding hydrogens is 210 g/mol. The van der Waals surface area contributed by atoms with Gasteiger partial charge in [-0.15, -0.1) is 0 Å². The highest BCUT2D eigenvalue weighted by atomic mass is 16.5. The number of hydrogen-bond acceptors (Lipinski definition) is 3. The molecule has 0 aromatic carbocycles. The largest absolute Gasteiger partial charge is 0.465 e. The summed E-state index contributed by atoms with van der Waals surface area (Å²) >= 11 is 0. The number of ether oxygens (including phenoxy) is 1. The topological polar surface area (TPSA) is 70.0 Å². The van der Waals surface area contributed by atoms with E-state index in [1.165, 1.54) is 4.90 Å². The number of rotatable bonds is 4. The molecular formula is C11H21NO4. The Bertz CT molecular complexity index is 254. The molecule has 2 N–H and O–H groups in total. The van der Waals surface area contributed by atoms with Crippen LogP contribution in [-0.4, -0.2) is 45.7 Å². The van der Waals surface area contributed by atoms with Crippen LogP contribution in [0.5, 0.6) is 0 Å². The average Bonchev–Trinajstić information content (AvgIpc) is 2.41. The van der Waals surface area contributed by atoms with Crippen LogP contribution in [0, 0.1) is 0 Å². The van der Waals surface area contributed by atoms with E-state index in [1.54, 1.807) is 13.8 Å². The van der Waals surface area contributed by atoms with Crippen LogP contribution in [0.15, 0.2) is 0 Å². The zero-order chi connectivity index (χ0) is 12.3. The van der Waals surface area contributed by atoms with E-state index in [0.29, 0.717) is 19.4 Å². The number of carboxylic acid groups (broad SMARTS) is 1. The Morgan fingerprint density at radius 3 is 2.75 bits per heavy atom. The van der Waals surface area contributed by atoms with Gasteiger partial charge in [0.1, 0.15) is 5.72 Å². The zero-order valence-corrected chi connectivity index (χ0v) is 10.1. The molecule has 1 saturated heterocycles. The van der Waals surface area contributed by atoms with Gasteiger partial charge < -0.3 is 14.9 Å². The third-order valence-corrected chi connectivity index (χ3v) is 2.95. The van der Waals surface area contributed by atoms with Crippen LogP contribution in [0.4, 0.5) is 4.79 Å². The third-order valence-electron chi connectivity index (χ3n) is 2.95. The van der Waals surface area contributed by atoms with E-state index in [9.17, 15) is 9.90 Å². The molecule has 1 fully saturated rings. The minimum atomic E-state index is -0.990. The molecule has 1 aliphatic rings. The van der Waals surface area contributed by atoms with Crippen LogP contribution in [0.2, 0.25) is 0 Å². The monoisotopic (exact) mass is 231 g/mol. The third kappa shape index (κ3) is 2.86. The van der Waals surface area contributed by atoms with Gasteiger partial charge in [-0.05, 0) is 26.7 Å². The fraction of sp³-hybridized carbons (Fsp3) is 0.909. The summed E-state index contributed by atoms with van der Waals surface area (Å²) in [7, 11) is 0. The van der Waals surface area contributed by atoms with Crippen LogP contribution >= 0.6 is 0 Å². The Balaban J connectivity index is 2.63. The molecule has 0 spiro atoms. The van der Waals surface area contributed by atoms with Gasteiger partial charge in [0.05, 0.1) is 18.8 Å². The Kier molecular flexibility index (Phi) is 4.15. The van der Waals surface area contributed by atoms with Crippen molar-refractivity contribution in [1.29, 1.82) is 0 Å². The van der Waals surface area contributed by atoms with Crippen LogP contribution in [0.1, 0.15) is 40.0 Å². The first-order chi connectivity index (χ1) is 7.38. The first-order valence-electron chi connectivity index (χ1n) is 5.72. The summed E-state index contributed by atoms with van der Waals surface area (Å²) in [5.41, 5.74) is -0.789. The molecule has 0 aromatic heterocycles. The van der Waals surface area contributed by atoms with Gasteiger partial charge in [-0.1, -0.05) is 13.3 Å². The summed E-state index contributed by atoms with van der Waals surface area (Å²) in [6.45, 7) is 5.81. The van der Waals surface area contributed by atoms with E-state index < -0.39 is 17.9 Å². The Hall–Kier alpha value is -0.810. The Morgan fingerprint density at radius 2 is 2.25 bits per heavy atom. The molecule has 1 aliphatic heterocycles. The van der Waals surface area contributed by atoms with Crippen molar-refractivity contribution in [1.82, 2.24) is 4.90 Å². The highest BCUT2D eigenvalue weighted by molar-refractivity contribution is 5.66. The van der Waals surface area contributed by atoms with Crippen molar-refractivity contribution in [3.63, 3.8) is 0 Å². The molecule has 1 rings (SSSR count). The predicted octanol–water partition coefficient (Wildman–Crippen LogP) is 1.65. The smallest absolute Gasteiger partial charge is 0.409 e. The van der Waals surface area contributed by atoms with E-state index in [2.05, 4.69) is 0 Å². The minimum Gasteiger partial charge on any atom is -0.465 e. The van der Waals surface area contributed by atoms with Crippen molar-refractivity contribution in [3.8, 4) is 0 Å². The lowest BCUT2D eigenvalue weighted by Crippen LogP contribution is -2.48. The van der Waals surface area contributed by atoms with E-state index in [-0.39, 0.29) is 6.04 Å². The molecule has 0 radical (unpaired) electrons. The SMILES string of the molecule is CCC[C@@H](O)C[C@H]1COC(C)(C)N1C(=O)O. The number of aliphatic hydroxyl groups excluding tert-OH is 1. The van der Waals surface area contributed by atoms with Crippen molar-refractivity contribution in [3.05, 3.63) is 0 Å². The summed E-state index contributed by atoms with van der Waals surface area (Å²) < 4.78 is 5.44. The number of nitrogens with zero attached hydrogens (tertiary/aromatic N) is 1. The molecule has 0 aromatic rings. The maximum Gasteiger partial charge on any atom is 0.409 e. The van der Waals surface area contributed by atoms with Crippen molar-refractivity contribution in [2.24, 2.45) is 0 Å². The van der Waals surface area contributed by atoms with E-state index in [1.807, 2.05) is 6.92 Å². The number of hydrogen-bond donors (Lipinski definition) is 2. The summed E-state index contributed by atoms with van der Waals surface area (Å²) in [6.07, 6.45) is 0.602. The lowest BCUT2D eigenvalue weighted by atomic mass is 10.0. The molecule has 0 aliphatic carbocycles. The normalized spacial score (nSPS) is 25.8. The molecule has 5 nitrogen and oxygen atoms in total. The van der Waals surface area contributed by atoms with Gasteiger partial charge in [0.2, 0.25) is 0 Å². The molecule has 94 valence electrons. The second-order valence-corrected chi connectivity index (χ2v) is 4.74. The fourth-order valence-electron chi connectivity index (χ4n) is 2.21. The van der Waals surface area contributed by atoms with Gasteiger partial charge in [-0.3, -0.25) is 4.90 Å². The quantitative estimate of drug-likeness (QED) is 0.772. The molecule has 1 amide bonds. The van der Waals surface area contributed by atoms with E-state index >= 15 is 0 Å². The maximum absolute atomic E-state index is 11.1. The zero-order valence-electron chi connectivity index (χ0n) is 10.1. The van der Waals surface area contributed by atoms with Gasteiger partial charge in [-0.25, -0.2) is 4.79 Å². The number of carbonyl (C=O) groups is 1. The molecule has 0 bridgehead atoms. The number of aliphatic hydroxyl groups is 1. The van der Waals surface area contributed by atoms with Crippen molar-refractivity contribution in [2.75, 3.05) is 6.61 Å². The van der Waals surface area contributed by atoms with Gasteiger partial charge in [0.15, 0.2) is 0 Å². The lowest BCUT2D eigenvalue weighted by Gasteiger charge is -2.31. The van der Waals surface area contributed by atoms with Crippen molar-refractivity contribution >= 4 is 6.09 Å². The summed E-state index contributed by atoms with van der Waals surface area (Å²) in [6, 6.07) is -0.242. The molecule has 0 saturated carbocycles. The molecule has 5 heteroatoms. The van der Waals surface area contributed by atoms with Gasteiger partial charge in [0.25, 0.3) is 0 Å². The predicted molar refractivity (Wildman–Crippen MR) is 59.2 cm³/mol. The second-order valence-electron chi connectivity index (χ2n) is 4.74. The van der Waals surface area contributed by atoms with E-state index in [0.717, 1.165) is 6.42 Å². The molecule has 0 unspecified atom stereocenters. The second kappa shape index (κ2) is 5.01. The van der Waals surface area contributed by atoms with Crippen LogP contribution in [0.3, 0.4) is 0 Å². The summed E-state index contributed by atoms with van der Waals surface area (Å²) in [4.78, 5) is 12.4. The summed E-state index contributed by atoms with van der Waals surface area (Å²) in [5, 5.41) is 18.8. The molecule has 2 atom stereocenters. The lowest BCUT2D eigenvalue weighted by molar-refractivity contribution is -0.0430. The standard InChI is InChI=1S/C11H21NO4/c1-4-5-9(13)6-8-7-16-11(2,3)12(8)10(14)15/h8-9,13H,4-7H2,1-3H3,(H,14,15)/t8-,9+/m0/s1. The Morgan fingerprint density at radius 1 is 1.62 bits per heavy atom. The van der Waals surface area contributed by atoms with E-state index in [4.69, 9.17) is 9.84 Å². The van der Waals surface area contributed by atoms with Crippen LogP contribution < -0.4 is 0 Å². The first kappa shape index (κ1) is 13.3. The highest BCUT2D eigenvalue weighted by Gasteiger charge is 2.44. The first-order valence-corrected chi connectivity index (χ1v) is 5.72. The highest BCUT2D eigenvalue weighted by Crippen LogP contribution is 2.29.